The van der Waals surface area contributed by atoms with Gasteiger partial charge in [-0.2, -0.15) is 0 Å². The normalized spacial score (nSPS) is 13.0. The molecule has 0 amide bonds. The van der Waals surface area contributed by atoms with Crippen molar-refractivity contribution in [2.45, 2.75) is 52.1 Å². The highest BCUT2D eigenvalue weighted by atomic mass is 32.2. The van der Waals surface area contributed by atoms with Crippen molar-refractivity contribution in [2.75, 3.05) is 6.61 Å². The molecular formula is C16H24N4O3S. The molecule has 0 fully saturated rings. The largest absolute Gasteiger partial charge is 0.464 e. The number of nitrogens with zero attached hydrogens (tertiary/aromatic N) is 3. The number of hydrogen-bond acceptors (Lipinski definition) is 5. The smallest absolute Gasteiger partial charge is 0.316 e. The summed E-state index contributed by atoms with van der Waals surface area (Å²) in [7, 11) is -3.65. The minimum atomic E-state index is -3.65. The second-order valence-corrected chi connectivity index (χ2v) is 7.32. The van der Waals surface area contributed by atoms with Crippen LogP contribution in [0.1, 0.15) is 43.8 Å². The Hall–Kier alpha value is -1.93. The lowest BCUT2D eigenvalue weighted by atomic mass is 10.1. The number of hydrogen-bond donors (Lipinski definition) is 1. The number of aromatic nitrogens is 3. The molecule has 0 bridgehead atoms. The van der Waals surface area contributed by atoms with Crippen molar-refractivity contribution in [3.63, 3.8) is 0 Å². The first-order valence-electron chi connectivity index (χ1n) is 7.95. The summed E-state index contributed by atoms with van der Waals surface area (Å²) in [6.45, 7) is 10.4. The maximum Gasteiger partial charge on any atom is 0.316 e. The van der Waals surface area contributed by atoms with E-state index < -0.39 is 16.1 Å². The van der Waals surface area contributed by atoms with Crippen molar-refractivity contribution >= 4 is 10.0 Å². The molecule has 0 saturated carbocycles. The number of aryl methyl sites for hydroxylation is 2. The standard InChI is InChI=1S/C16H24N4O3S/c1-6-20-15(17-18-16(20)23-7-2)13(5)19-24(21,22)14-9-8-11(3)12(4)10-14/h8-10,13,19H,6-7H2,1-5H3/t13-/m1/s1. The van der Waals surface area contributed by atoms with Crippen LogP contribution in [0.3, 0.4) is 0 Å². The Morgan fingerprint density at radius 1 is 1.21 bits per heavy atom. The SMILES string of the molecule is CCOc1nnc([C@@H](C)NS(=O)(=O)c2ccc(C)c(C)c2)n1CC. The fraction of sp³-hybridized carbons (Fsp3) is 0.500. The van der Waals surface area contributed by atoms with Gasteiger partial charge in [-0.1, -0.05) is 11.2 Å². The molecule has 0 saturated heterocycles. The van der Waals surface area contributed by atoms with Gasteiger partial charge in [-0.05, 0) is 57.9 Å². The molecule has 1 atom stereocenters. The summed E-state index contributed by atoms with van der Waals surface area (Å²) in [5.74, 6) is 0.522. The Bertz CT molecular complexity index is 815. The zero-order valence-corrected chi connectivity index (χ0v) is 15.5. The molecule has 2 aromatic rings. The molecule has 1 heterocycles. The molecule has 1 N–H and O–H groups in total. The number of ether oxygens (including phenoxy) is 1. The molecule has 0 radical (unpaired) electrons. The van der Waals surface area contributed by atoms with Crippen molar-refractivity contribution in [2.24, 2.45) is 0 Å². The van der Waals surface area contributed by atoms with Gasteiger partial charge >= 0.3 is 6.01 Å². The molecule has 0 spiro atoms. The predicted octanol–water partition coefficient (Wildman–Crippen LogP) is 2.35. The lowest BCUT2D eigenvalue weighted by Crippen LogP contribution is -2.29. The maximum atomic E-state index is 12.6. The van der Waals surface area contributed by atoms with Crippen LogP contribution in [0.5, 0.6) is 6.01 Å². The molecule has 2 rings (SSSR count). The van der Waals surface area contributed by atoms with Crippen LogP contribution in [0.4, 0.5) is 0 Å². The molecule has 0 aliphatic heterocycles. The van der Waals surface area contributed by atoms with E-state index in [4.69, 9.17) is 4.74 Å². The van der Waals surface area contributed by atoms with E-state index in [1.165, 1.54) is 0 Å². The van der Waals surface area contributed by atoms with Crippen LogP contribution in [-0.2, 0) is 16.6 Å². The van der Waals surface area contributed by atoms with Gasteiger partial charge in [0.2, 0.25) is 10.0 Å². The number of nitrogens with one attached hydrogen (secondary N) is 1. The van der Waals surface area contributed by atoms with Gasteiger partial charge in [-0.25, -0.2) is 13.1 Å². The molecular weight excluding hydrogens is 328 g/mol. The molecule has 1 aromatic carbocycles. The lowest BCUT2D eigenvalue weighted by Gasteiger charge is -2.15. The van der Waals surface area contributed by atoms with Crippen LogP contribution >= 0.6 is 0 Å². The molecule has 0 unspecified atom stereocenters. The van der Waals surface area contributed by atoms with Gasteiger partial charge in [0.25, 0.3) is 0 Å². The maximum absolute atomic E-state index is 12.6. The molecule has 1 aromatic heterocycles. The van der Waals surface area contributed by atoms with Crippen LogP contribution in [0.25, 0.3) is 0 Å². The molecule has 0 aliphatic rings. The van der Waals surface area contributed by atoms with Gasteiger partial charge in [0.1, 0.15) is 0 Å². The third-order valence-electron chi connectivity index (χ3n) is 3.84. The van der Waals surface area contributed by atoms with E-state index >= 15 is 0 Å². The summed E-state index contributed by atoms with van der Waals surface area (Å²) in [5.41, 5.74) is 1.98. The van der Waals surface area contributed by atoms with Crippen LogP contribution in [0.2, 0.25) is 0 Å². The zero-order chi connectivity index (χ0) is 17.9. The van der Waals surface area contributed by atoms with E-state index in [0.717, 1.165) is 11.1 Å². The Balaban J connectivity index is 2.28. The molecule has 8 heteroatoms. The second kappa shape index (κ2) is 7.31. The van der Waals surface area contributed by atoms with E-state index in [1.807, 2.05) is 27.7 Å². The quantitative estimate of drug-likeness (QED) is 0.827. The minimum absolute atomic E-state index is 0.241. The predicted molar refractivity (Wildman–Crippen MR) is 91.5 cm³/mol. The molecule has 24 heavy (non-hydrogen) atoms. The minimum Gasteiger partial charge on any atom is -0.464 e. The van der Waals surface area contributed by atoms with E-state index in [1.54, 1.807) is 29.7 Å². The topological polar surface area (TPSA) is 86.1 Å². The first-order valence-corrected chi connectivity index (χ1v) is 9.44. The molecule has 0 aliphatic carbocycles. The van der Waals surface area contributed by atoms with Gasteiger partial charge in [0.15, 0.2) is 5.82 Å². The summed E-state index contributed by atoms with van der Waals surface area (Å²) in [5, 5.41) is 8.06. The van der Waals surface area contributed by atoms with Crippen molar-refractivity contribution in [3.05, 3.63) is 35.2 Å². The zero-order valence-electron chi connectivity index (χ0n) is 14.7. The first kappa shape index (κ1) is 18.4. The third-order valence-corrected chi connectivity index (χ3v) is 5.38. The number of rotatable bonds is 7. The van der Waals surface area contributed by atoms with Crippen molar-refractivity contribution in [1.82, 2.24) is 19.5 Å². The van der Waals surface area contributed by atoms with E-state index in [2.05, 4.69) is 14.9 Å². The Morgan fingerprint density at radius 3 is 2.50 bits per heavy atom. The Labute approximate surface area is 143 Å². The first-order chi connectivity index (χ1) is 11.3. The molecule has 7 nitrogen and oxygen atoms in total. The van der Waals surface area contributed by atoms with Crippen molar-refractivity contribution < 1.29 is 13.2 Å². The lowest BCUT2D eigenvalue weighted by molar-refractivity contribution is 0.294. The van der Waals surface area contributed by atoms with Crippen LogP contribution < -0.4 is 9.46 Å². The summed E-state index contributed by atoms with van der Waals surface area (Å²) < 4.78 is 35.1. The Morgan fingerprint density at radius 2 is 1.92 bits per heavy atom. The monoisotopic (exact) mass is 352 g/mol. The summed E-state index contributed by atoms with van der Waals surface area (Å²) in [6, 6.07) is 4.94. The van der Waals surface area contributed by atoms with E-state index in [-0.39, 0.29) is 4.90 Å². The van der Waals surface area contributed by atoms with Gasteiger partial charge < -0.3 is 4.74 Å². The van der Waals surface area contributed by atoms with Crippen molar-refractivity contribution in [3.8, 4) is 6.01 Å². The van der Waals surface area contributed by atoms with Crippen LogP contribution in [0, 0.1) is 13.8 Å². The summed E-state index contributed by atoms with van der Waals surface area (Å²) >= 11 is 0. The fourth-order valence-corrected chi connectivity index (χ4v) is 3.67. The summed E-state index contributed by atoms with van der Waals surface area (Å²) in [4.78, 5) is 0.241. The average molecular weight is 352 g/mol. The molecule has 132 valence electrons. The number of sulfonamides is 1. The average Bonchev–Trinajstić information content (AvgIpc) is 2.92. The highest BCUT2D eigenvalue weighted by molar-refractivity contribution is 7.89. The van der Waals surface area contributed by atoms with Gasteiger partial charge in [-0.3, -0.25) is 4.57 Å². The highest BCUT2D eigenvalue weighted by Gasteiger charge is 2.23. The number of benzene rings is 1. The second-order valence-electron chi connectivity index (χ2n) is 5.61. The van der Waals surface area contributed by atoms with E-state index in [9.17, 15) is 8.42 Å². The van der Waals surface area contributed by atoms with Crippen molar-refractivity contribution in [1.29, 1.82) is 0 Å². The highest BCUT2D eigenvalue weighted by Crippen LogP contribution is 2.20. The van der Waals surface area contributed by atoms with Crippen LogP contribution in [0.15, 0.2) is 23.1 Å². The van der Waals surface area contributed by atoms with Gasteiger partial charge in [0.05, 0.1) is 17.5 Å². The fourth-order valence-electron chi connectivity index (χ4n) is 2.39. The van der Waals surface area contributed by atoms with Crippen LogP contribution in [-0.4, -0.2) is 29.8 Å². The van der Waals surface area contributed by atoms with Gasteiger partial charge in [-0.15, -0.1) is 5.10 Å². The van der Waals surface area contributed by atoms with E-state index in [0.29, 0.717) is 25.0 Å². The summed E-state index contributed by atoms with van der Waals surface area (Å²) in [6.07, 6.45) is 0. The third kappa shape index (κ3) is 3.76. The van der Waals surface area contributed by atoms with Gasteiger partial charge in [0, 0.05) is 6.54 Å². The Kier molecular flexibility index (Phi) is 5.61.